The van der Waals surface area contributed by atoms with Gasteiger partial charge in [-0.15, -0.1) is 0 Å². The molecule has 20 heavy (non-hydrogen) atoms. The third-order valence-electron chi connectivity index (χ3n) is 3.66. The minimum Gasteiger partial charge on any atom is -0.331 e. The van der Waals surface area contributed by atoms with Crippen LogP contribution in [0.2, 0.25) is 0 Å². The molecule has 0 saturated heterocycles. The van der Waals surface area contributed by atoms with Crippen molar-refractivity contribution in [3.8, 4) is 0 Å². The number of aromatic amines is 1. The molecule has 102 valence electrons. The number of hydrogen-bond acceptors (Lipinski definition) is 1. The van der Waals surface area contributed by atoms with Gasteiger partial charge < -0.3 is 9.55 Å². The highest BCUT2D eigenvalue weighted by Gasteiger charge is 2.14. The molecule has 0 amide bonds. The van der Waals surface area contributed by atoms with Gasteiger partial charge in [0.25, 0.3) is 0 Å². The molecule has 0 aliphatic rings. The first-order chi connectivity index (χ1) is 9.58. The van der Waals surface area contributed by atoms with Gasteiger partial charge in [-0.2, -0.15) is 0 Å². The standard InChI is InChI=1S/C16H15FN2S/c1-10-5-3-8-14-15(10)19(16(20)18-14)11(2)12-6-4-7-13(17)9-12/h3-9,11H,1-2H3,(H,18,20). The van der Waals surface area contributed by atoms with E-state index in [1.54, 1.807) is 12.1 Å². The van der Waals surface area contributed by atoms with Gasteiger partial charge in [0.15, 0.2) is 4.77 Å². The second kappa shape index (κ2) is 4.87. The van der Waals surface area contributed by atoms with E-state index in [1.165, 1.54) is 6.07 Å². The molecule has 1 N–H and O–H groups in total. The first kappa shape index (κ1) is 13.1. The van der Waals surface area contributed by atoms with E-state index in [2.05, 4.69) is 22.5 Å². The predicted octanol–water partition coefficient (Wildman–Crippen LogP) is 4.76. The van der Waals surface area contributed by atoms with Crippen LogP contribution in [0.15, 0.2) is 42.5 Å². The number of nitrogens with zero attached hydrogens (tertiary/aromatic N) is 1. The second-order valence-electron chi connectivity index (χ2n) is 5.00. The summed E-state index contributed by atoms with van der Waals surface area (Å²) in [5.41, 5.74) is 4.15. The lowest BCUT2D eigenvalue weighted by Gasteiger charge is -2.16. The highest BCUT2D eigenvalue weighted by molar-refractivity contribution is 7.71. The van der Waals surface area contributed by atoms with Gasteiger partial charge in [0.2, 0.25) is 0 Å². The van der Waals surface area contributed by atoms with Crippen molar-refractivity contribution >= 4 is 23.3 Å². The van der Waals surface area contributed by atoms with Crippen molar-refractivity contribution in [3.05, 3.63) is 64.2 Å². The van der Waals surface area contributed by atoms with Crippen LogP contribution in [0, 0.1) is 17.5 Å². The van der Waals surface area contributed by atoms with E-state index < -0.39 is 0 Å². The third kappa shape index (κ3) is 2.06. The van der Waals surface area contributed by atoms with Crippen molar-refractivity contribution in [3.63, 3.8) is 0 Å². The molecule has 1 unspecified atom stereocenters. The maximum Gasteiger partial charge on any atom is 0.178 e. The number of aromatic nitrogens is 2. The summed E-state index contributed by atoms with van der Waals surface area (Å²) >= 11 is 5.44. The number of benzene rings is 2. The van der Waals surface area contributed by atoms with E-state index >= 15 is 0 Å². The van der Waals surface area contributed by atoms with Crippen molar-refractivity contribution in [2.45, 2.75) is 19.9 Å². The van der Waals surface area contributed by atoms with Gasteiger partial charge in [0.1, 0.15) is 5.82 Å². The summed E-state index contributed by atoms with van der Waals surface area (Å²) in [4.78, 5) is 3.22. The Balaban J connectivity index is 2.24. The fraction of sp³-hybridized carbons (Fsp3) is 0.188. The summed E-state index contributed by atoms with van der Waals surface area (Å²) in [5.74, 6) is -0.225. The SMILES string of the molecule is Cc1cccc2[nH]c(=S)n(C(C)c3cccc(F)c3)c12. The van der Waals surface area contributed by atoms with Crippen LogP contribution < -0.4 is 0 Å². The third-order valence-corrected chi connectivity index (χ3v) is 3.96. The molecule has 0 radical (unpaired) electrons. The summed E-state index contributed by atoms with van der Waals surface area (Å²) < 4.78 is 16.1. The first-order valence-electron chi connectivity index (χ1n) is 6.53. The number of rotatable bonds is 2. The zero-order valence-electron chi connectivity index (χ0n) is 11.4. The van der Waals surface area contributed by atoms with Crippen LogP contribution in [-0.2, 0) is 0 Å². The fourth-order valence-corrected chi connectivity index (χ4v) is 3.00. The van der Waals surface area contributed by atoms with Crippen LogP contribution in [0.25, 0.3) is 11.0 Å². The number of imidazole rings is 1. The number of hydrogen-bond donors (Lipinski definition) is 1. The molecule has 0 spiro atoms. The van der Waals surface area contributed by atoms with Crippen LogP contribution in [0.1, 0.15) is 24.1 Å². The van der Waals surface area contributed by atoms with Crippen LogP contribution >= 0.6 is 12.2 Å². The number of nitrogens with one attached hydrogen (secondary N) is 1. The Morgan fingerprint density at radius 2 is 1.95 bits per heavy atom. The van der Waals surface area contributed by atoms with Gasteiger partial charge in [-0.1, -0.05) is 24.3 Å². The number of fused-ring (bicyclic) bond motifs is 1. The van der Waals surface area contributed by atoms with Crippen LogP contribution in [0.4, 0.5) is 4.39 Å². The molecule has 3 rings (SSSR count). The average molecular weight is 286 g/mol. The topological polar surface area (TPSA) is 20.7 Å². The Morgan fingerprint density at radius 1 is 1.20 bits per heavy atom. The largest absolute Gasteiger partial charge is 0.331 e. The molecule has 4 heteroatoms. The summed E-state index contributed by atoms with van der Waals surface area (Å²) in [6.45, 7) is 4.09. The lowest BCUT2D eigenvalue weighted by molar-refractivity contribution is 0.607. The molecule has 2 nitrogen and oxygen atoms in total. The first-order valence-corrected chi connectivity index (χ1v) is 6.94. The number of H-pyrrole nitrogens is 1. The summed E-state index contributed by atoms with van der Waals surface area (Å²) in [7, 11) is 0. The molecule has 0 bridgehead atoms. The molecular weight excluding hydrogens is 271 g/mol. The molecule has 0 saturated carbocycles. The van der Waals surface area contributed by atoms with Crippen LogP contribution in [0.5, 0.6) is 0 Å². The van der Waals surface area contributed by atoms with E-state index in [1.807, 2.05) is 25.1 Å². The number of para-hydroxylation sites is 1. The summed E-state index contributed by atoms with van der Waals surface area (Å²) in [5, 5.41) is 0. The van der Waals surface area contributed by atoms with Crippen molar-refractivity contribution < 1.29 is 4.39 Å². The van der Waals surface area contributed by atoms with Gasteiger partial charge >= 0.3 is 0 Å². The van der Waals surface area contributed by atoms with E-state index in [0.29, 0.717) is 4.77 Å². The Bertz CT molecular complexity index is 832. The molecule has 1 aromatic heterocycles. The molecular formula is C16H15FN2S. The maximum absolute atomic E-state index is 13.4. The quantitative estimate of drug-likeness (QED) is 0.674. The van der Waals surface area contributed by atoms with Gasteiger partial charge in [0.05, 0.1) is 17.1 Å². The summed E-state index contributed by atoms with van der Waals surface area (Å²) in [6.07, 6.45) is 0. The maximum atomic E-state index is 13.4. The zero-order chi connectivity index (χ0) is 14.3. The Hall–Kier alpha value is -1.94. The van der Waals surface area contributed by atoms with Crippen LogP contribution in [0.3, 0.4) is 0 Å². The lowest BCUT2D eigenvalue weighted by atomic mass is 10.1. The average Bonchev–Trinajstić information content (AvgIpc) is 2.75. The molecule has 3 aromatic rings. The second-order valence-corrected chi connectivity index (χ2v) is 5.39. The van der Waals surface area contributed by atoms with Crippen LogP contribution in [-0.4, -0.2) is 9.55 Å². The van der Waals surface area contributed by atoms with E-state index in [-0.39, 0.29) is 11.9 Å². The monoisotopic (exact) mass is 286 g/mol. The Morgan fingerprint density at radius 3 is 2.70 bits per heavy atom. The van der Waals surface area contributed by atoms with Gasteiger partial charge in [-0.25, -0.2) is 4.39 Å². The Kier molecular flexibility index (Phi) is 3.18. The molecule has 2 aromatic carbocycles. The normalized spacial score (nSPS) is 12.8. The van der Waals surface area contributed by atoms with Gasteiger partial charge in [-0.3, -0.25) is 0 Å². The molecule has 1 heterocycles. The zero-order valence-corrected chi connectivity index (χ0v) is 12.2. The number of aryl methyl sites for hydroxylation is 1. The van der Waals surface area contributed by atoms with E-state index in [9.17, 15) is 4.39 Å². The predicted molar refractivity (Wildman–Crippen MR) is 82.1 cm³/mol. The minimum atomic E-state index is -0.225. The fourth-order valence-electron chi connectivity index (χ4n) is 2.64. The van der Waals surface area contributed by atoms with Crippen molar-refractivity contribution in [1.29, 1.82) is 0 Å². The van der Waals surface area contributed by atoms with E-state index in [0.717, 1.165) is 22.2 Å². The van der Waals surface area contributed by atoms with Crippen molar-refractivity contribution in [1.82, 2.24) is 9.55 Å². The molecule has 0 fully saturated rings. The van der Waals surface area contributed by atoms with E-state index in [4.69, 9.17) is 12.2 Å². The molecule has 1 atom stereocenters. The van der Waals surface area contributed by atoms with Gasteiger partial charge in [-0.05, 0) is 55.4 Å². The van der Waals surface area contributed by atoms with Gasteiger partial charge in [0, 0.05) is 0 Å². The smallest absolute Gasteiger partial charge is 0.178 e. The minimum absolute atomic E-state index is 0.0203. The van der Waals surface area contributed by atoms with Crippen molar-refractivity contribution in [2.75, 3.05) is 0 Å². The Labute approximate surface area is 121 Å². The molecule has 0 aliphatic heterocycles. The summed E-state index contributed by atoms with van der Waals surface area (Å²) in [6, 6.07) is 12.7. The van der Waals surface area contributed by atoms with Crippen molar-refractivity contribution in [2.24, 2.45) is 0 Å². The highest BCUT2D eigenvalue weighted by atomic mass is 32.1. The number of halogens is 1. The highest BCUT2D eigenvalue weighted by Crippen LogP contribution is 2.26. The molecule has 0 aliphatic carbocycles. The lowest BCUT2D eigenvalue weighted by Crippen LogP contribution is -2.07.